The maximum atomic E-state index is 5.16. The fraction of sp³-hybridized carbons (Fsp3) is 0.429. The topological polar surface area (TPSA) is 50.9 Å². The molecule has 6 heteroatoms. The van der Waals surface area contributed by atoms with Gasteiger partial charge in [0, 0.05) is 49.5 Å². The lowest BCUT2D eigenvalue weighted by Gasteiger charge is -2.40. The van der Waals surface area contributed by atoms with E-state index in [0.29, 0.717) is 12.1 Å². The zero-order valence-electron chi connectivity index (χ0n) is 19.9. The van der Waals surface area contributed by atoms with E-state index in [1.165, 1.54) is 43.1 Å². The van der Waals surface area contributed by atoms with E-state index in [4.69, 9.17) is 9.97 Å². The average molecular weight is 453 g/mol. The Morgan fingerprint density at radius 1 is 1.15 bits per heavy atom. The molecule has 4 aromatic rings. The van der Waals surface area contributed by atoms with Crippen molar-refractivity contribution in [3.05, 3.63) is 54.7 Å². The van der Waals surface area contributed by atoms with Crippen molar-refractivity contribution in [2.45, 2.75) is 50.7 Å². The monoisotopic (exact) mass is 452 g/mol. The number of hydrogen-bond donors (Lipinski definition) is 1. The van der Waals surface area contributed by atoms with E-state index in [-0.39, 0.29) is 0 Å². The molecule has 0 unspecified atom stereocenters. The van der Waals surface area contributed by atoms with Crippen LogP contribution in [-0.2, 0) is 13.6 Å². The van der Waals surface area contributed by atoms with E-state index in [0.717, 1.165) is 59.4 Å². The fourth-order valence-corrected chi connectivity index (χ4v) is 6.19. The number of aromatic nitrogens is 4. The normalized spacial score (nSPS) is 22.6. The van der Waals surface area contributed by atoms with Crippen LogP contribution >= 0.6 is 0 Å². The van der Waals surface area contributed by atoms with Gasteiger partial charge in [-0.2, -0.15) is 0 Å². The number of aryl methyl sites for hydroxylation is 1. The highest BCUT2D eigenvalue weighted by atomic mass is 15.2. The molecule has 2 aliphatic heterocycles. The maximum Gasteiger partial charge on any atom is 0.157 e. The standard InChI is InChI=1S/C28H32N6/c1-18(33-14-4-6-22-25(33)11-13-29-22)20-9-10-24-23(15-20)31-28(32(24)2)26-16-21-5-3-12-30-27(21)34(26)17-19-7-8-19/h3,5,9-10,12,15-16,19,22,25,29H,1,4,6-8,11,13-14,17H2,2H3/t22-,25-/m1/s1. The van der Waals surface area contributed by atoms with Crippen LogP contribution in [0.1, 0.15) is 37.7 Å². The molecule has 3 aromatic heterocycles. The highest BCUT2D eigenvalue weighted by molar-refractivity contribution is 5.87. The summed E-state index contributed by atoms with van der Waals surface area (Å²) in [6, 6.07) is 14.3. The molecule has 0 bridgehead atoms. The van der Waals surface area contributed by atoms with Gasteiger partial charge in [0.2, 0.25) is 0 Å². The SMILES string of the molecule is C=C(c1ccc2c(c1)nc(-c1cc3cccnc3n1CC1CC1)n2C)N1CCC[C@H]2NCC[C@H]21. The van der Waals surface area contributed by atoms with Gasteiger partial charge in [-0.25, -0.2) is 9.97 Å². The molecule has 5 heterocycles. The summed E-state index contributed by atoms with van der Waals surface area (Å²) in [6.45, 7) is 7.77. The van der Waals surface area contributed by atoms with Gasteiger partial charge in [0.05, 0.1) is 16.7 Å². The third-order valence-corrected chi connectivity index (χ3v) is 8.21. The van der Waals surface area contributed by atoms with Crippen molar-refractivity contribution in [3.63, 3.8) is 0 Å². The summed E-state index contributed by atoms with van der Waals surface area (Å²) in [5, 5.41) is 4.87. The van der Waals surface area contributed by atoms with Crippen LogP contribution in [0.15, 0.2) is 49.2 Å². The Kier molecular flexibility index (Phi) is 4.59. The first kappa shape index (κ1) is 20.3. The minimum atomic E-state index is 0.571. The van der Waals surface area contributed by atoms with Gasteiger partial charge in [-0.05, 0) is 80.5 Å². The number of fused-ring (bicyclic) bond motifs is 3. The van der Waals surface area contributed by atoms with Crippen LogP contribution < -0.4 is 5.32 Å². The quantitative estimate of drug-likeness (QED) is 0.473. The van der Waals surface area contributed by atoms with Crippen molar-refractivity contribution in [2.24, 2.45) is 13.0 Å². The van der Waals surface area contributed by atoms with Crippen LogP contribution in [0.25, 0.3) is 39.3 Å². The van der Waals surface area contributed by atoms with Crippen LogP contribution in [0.2, 0.25) is 0 Å². The number of likely N-dealkylation sites (tertiary alicyclic amines) is 1. The third-order valence-electron chi connectivity index (χ3n) is 8.21. The number of nitrogens with zero attached hydrogens (tertiary/aromatic N) is 5. The van der Waals surface area contributed by atoms with E-state index in [1.54, 1.807) is 0 Å². The first-order valence-electron chi connectivity index (χ1n) is 12.8. The zero-order valence-corrected chi connectivity index (χ0v) is 19.9. The summed E-state index contributed by atoms with van der Waals surface area (Å²) in [4.78, 5) is 12.4. The van der Waals surface area contributed by atoms with Gasteiger partial charge >= 0.3 is 0 Å². The van der Waals surface area contributed by atoms with Gasteiger partial charge in [-0.1, -0.05) is 12.6 Å². The van der Waals surface area contributed by atoms with Crippen LogP contribution in [0.4, 0.5) is 0 Å². The second-order valence-electron chi connectivity index (χ2n) is 10.4. The molecule has 1 N–H and O–H groups in total. The second kappa shape index (κ2) is 7.70. The number of nitrogens with one attached hydrogen (secondary N) is 1. The van der Waals surface area contributed by atoms with E-state index in [1.807, 2.05) is 12.3 Å². The molecular weight excluding hydrogens is 420 g/mol. The molecule has 3 aliphatic rings. The molecule has 2 atom stereocenters. The molecule has 0 spiro atoms. The zero-order chi connectivity index (χ0) is 22.8. The number of hydrogen-bond acceptors (Lipinski definition) is 4. The van der Waals surface area contributed by atoms with E-state index in [2.05, 4.69) is 63.3 Å². The smallest absolute Gasteiger partial charge is 0.157 e. The van der Waals surface area contributed by atoms with Crippen molar-refractivity contribution in [1.29, 1.82) is 0 Å². The molecule has 174 valence electrons. The van der Waals surface area contributed by atoms with Crippen molar-refractivity contribution < 1.29 is 0 Å². The summed E-state index contributed by atoms with van der Waals surface area (Å²) in [6.07, 6.45) is 8.23. The molecule has 6 nitrogen and oxygen atoms in total. The summed E-state index contributed by atoms with van der Waals surface area (Å²) in [5.41, 5.74) is 6.74. The molecule has 1 aliphatic carbocycles. The van der Waals surface area contributed by atoms with E-state index >= 15 is 0 Å². The number of rotatable bonds is 5. The lowest BCUT2D eigenvalue weighted by Crippen LogP contribution is -2.47. The van der Waals surface area contributed by atoms with Crippen molar-refractivity contribution in [1.82, 2.24) is 29.3 Å². The number of benzene rings is 1. The van der Waals surface area contributed by atoms with Crippen molar-refractivity contribution >= 4 is 27.8 Å². The average Bonchev–Trinajstić information content (AvgIpc) is 3.28. The van der Waals surface area contributed by atoms with Gasteiger partial charge in [-0.15, -0.1) is 0 Å². The first-order chi connectivity index (χ1) is 16.7. The maximum absolute atomic E-state index is 5.16. The van der Waals surface area contributed by atoms with Crippen LogP contribution in [0.5, 0.6) is 0 Å². The number of piperidine rings is 1. The van der Waals surface area contributed by atoms with E-state index in [9.17, 15) is 0 Å². The second-order valence-corrected chi connectivity index (χ2v) is 10.4. The summed E-state index contributed by atoms with van der Waals surface area (Å²) in [5.74, 6) is 1.77. The molecule has 34 heavy (non-hydrogen) atoms. The van der Waals surface area contributed by atoms with Gasteiger partial charge in [0.15, 0.2) is 5.82 Å². The van der Waals surface area contributed by atoms with Crippen LogP contribution in [0.3, 0.4) is 0 Å². The summed E-state index contributed by atoms with van der Waals surface area (Å²) < 4.78 is 4.62. The largest absolute Gasteiger partial charge is 0.367 e. The van der Waals surface area contributed by atoms with Crippen molar-refractivity contribution in [3.8, 4) is 11.5 Å². The Morgan fingerprint density at radius 3 is 2.94 bits per heavy atom. The fourth-order valence-electron chi connectivity index (χ4n) is 6.19. The Hall–Kier alpha value is -3.12. The molecule has 2 saturated heterocycles. The van der Waals surface area contributed by atoms with Crippen LogP contribution in [-0.4, -0.2) is 49.2 Å². The molecule has 0 amide bonds. The summed E-state index contributed by atoms with van der Waals surface area (Å²) in [7, 11) is 2.13. The minimum absolute atomic E-state index is 0.571. The van der Waals surface area contributed by atoms with Gasteiger partial charge in [-0.3, -0.25) is 0 Å². The lowest BCUT2D eigenvalue weighted by molar-refractivity contribution is 0.212. The molecule has 7 rings (SSSR count). The van der Waals surface area contributed by atoms with Gasteiger partial charge < -0.3 is 19.4 Å². The molecule has 0 radical (unpaired) electrons. The predicted molar refractivity (Wildman–Crippen MR) is 137 cm³/mol. The Morgan fingerprint density at radius 2 is 2.06 bits per heavy atom. The number of pyridine rings is 1. The minimum Gasteiger partial charge on any atom is -0.367 e. The molecular formula is C28H32N6. The predicted octanol–water partition coefficient (Wildman–Crippen LogP) is 4.80. The Bertz CT molecular complexity index is 1410. The van der Waals surface area contributed by atoms with Gasteiger partial charge in [0.1, 0.15) is 5.65 Å². The van der Waals surface area contributed by atoms with Crippen molar-refractivity contribution in [2.75, 3.05) is 13.1 Å². The third kappa shape index (κ3) is 3.19. The highest BCUT2D eigenvalue weighted by Gasteiger charge is 2.35. The first-order valence-corrected chi connectivity index (χ1v) is 12.8. The molecule has 1 aromatic carbocycles. The Balaban J connectivity index is 1.28. The molecule has 1 saturated carbocycles. The highest BCUT2D eigenvalue weighted by Crippen LogP contribution is 2.37. The Labute approximate surface area is 200 Å². The van der Waals surface area contributed by atoms with Crippen LogP contribution in [0, 0.1) is 5.92 Å². The summed E-state index contributed by atoms with van der Waals surface area (Å²) >= 11 is 0. The lowest BCUT2D eigenvalue weighted by atomic mass is 9.95. The van der Waals surface area contributed by atoms with Gasteiger partial charge in [0.25, 0.3) is 0 Å². The van der Waals surface area contributed by atoms with E-state index < -0.39 is 0 Å². The number of imidazole rings is 1. The molecule has 3 fully saturated rings.